The molecule has 3 rings (SSSR count). The van der Waals surface area contributed by atoms with E-state index in [9.17, 15) is 13.6 Å². The number of rotatable bonds is 7. The molecule has 1 heterocycles. The zero-order valence-corrected chi connectivity index (χ0v) is 16.0. The number of halogens is 2. The first-order chi connectivity index (χ1) is 13.4. The standard InChI is InChI=1S/C19H18F2N4O2S/c1-12-5-3-4-6-15(12)17-23-24-19(25(17)2)28-11-16(26)22-13-7-9-14(10-8-13)27-18(20)21/h3-10,18H,11H2,1-2H3,(H,22,26). The van der Waals surface area contributed by atoms with E-state index in [0.29, 0.717) is 10.8 Å². The molecule has 0 spiro atoms. The van der Waals surface area contributed by atoms with Crippen molar-refractivity contribution in [3.8, 4) is 17.1 Å². The number of anilines is 1. The molecule has 0 bridgehead atoms. The zero-order chi connectivity index (χ0) is 20.1. The number of benzene rings is 2. The molecule has 0 unspecified atom stereocenters. The molecule has 0 saturated carbocycles. The van der Waals surface area contributed by atoms with Gasteiger partial charge in [-0.3, -0.25) is 4.79 Å². The van der Waals surface area contributed by atoms with Crippen LogP contribution in [-0.2, 0) is 11.8 Å². The van der Waals surface area contributed by atoms with Crippen LogP contribution in [-0.4, -0.2) is 33.0 Å². The van der Waals surface area contributed by atoms with E-state index in [1.165, 1.54) is 36.0 Å². The Hall–Kier alpha value is -2.94. The number of ether oxygens (including phenoxy) is 1. The van der Waals surface area contributed by atoms with Gasteiger partial charge in [-0.05, 0) is 36.8 Å². The first kappa shape index (κ1) is 19.8. The second-order valence-corrected chi connectivity index (χ2v) is 6.86. The van der Waals surface area contributed by atoms with Crippen molar-refractivity contribution in [2.45, 2.75) is 18.7 Å². The highest BCUT2D eigenvalue weighted by molar-refractivity contribution is 7.99. The summed E-state index contributed by atoms with van der Waals surface area (Å²) in [5.41, 5.74) is 2.57. The van der Waals surface area contributed by atoms with E-state index < -0.39 is 6.61 Å². The van der Waals surface area contributed by atoms with E-state index in [-0.39, 0.29) is 17.4 Å². The molecule has 0 fully saturated rings. The summed E-state index contributed by atoms with van der Waals surface area (Å²) >= 11 is 1.26. The smallest absolute Gasteiger partial charge is 0.387 e. The van der Waals surface area contributed by atoms with Gasteiger partial charge in [-0.15, -0.1) is 10.2 Å². The van der Waals surface area contributed by atoms with Gasteiger partial charge in [0.25, 0.3) is 0 Å². The molecule has 1 amide bonds. The number of nitrogens with one attached hydrogen (secondary N) is 1. The van der Waals surface area contributed by atoms with Gasteiger partial charge < -0.3 is 14.6 Å². The number of amides is 1. The predicted octanol–water partition coefficient (Wildman–Crippen LogP) is 4.12. The fraction of sp³-hybridized carbons (Fsp3) is 0.211. The largest absolute Gasteiger partial charge is 0.435 e. The molecule has 0 radical (unpaired) electrons. The van der Waals surface area contributed by atoms with Crippen LogP contribution in [0.4, 0.5) is 14.5 Å². The van der Waals surface area contributed by atoms with E-state index in [1.807, 2.05) is 42.8 Å². The van der Waals surface area contributed by atoms with Gasteiger partial charge in [0, 0.05) is 18.3 Å². The number of thioether (sulfide) groups is 1. The van der Waals surface area contributed by atoms with Crippen LogP contribution < -0.4 is 10.1 Å². The fourth-order valence-electron chi connectivity index (χ4n) is 2.55. The summed E-state index contributed by atoms with van der Waals surface area (Å²) in [4.78, 5) is 12.2. The Kier molecular flexibility index (Phi) is 6.25. The lowest BCUT2D eigenvalue weighted by Crippen LogP contribution is -2.14. The molecule has 0 aliphatic carbocycles. The summed E-state index contributed by atoms with van der Waals surface area (Å²) in [6, 6.07) is 13.6. The van der Waals surface area contributed by atoms with Crippen LogP contribution in [0.5, 0.6) is 5.75 Å². The Morgan fingerprint density at radius 3 is 2.57 bits per heavy atom. The zero-order valence-electron chi connectivity index (χ0n) is 15.2. The van der Waals surface area contributed by atoms with Crippen LogP contribution in [0, 0.1) is 6.92 Å². The van der Waals surface area contributed by atoms with Gasteiger partial charge in [-0.2, -0.15) is 8.78 Å². The number of hydrogen-bond acceptors (Lipinski definition) is 5. The summed E-state index contributed by atoms with van der Waals surface area (Å²) in [5, 5.41) is 11.7. The summed E-state index contributed by atoms with van der Waals surface area (Å²) in [7, 11) is 1.85. The third-order valence-electron chi connectivity index (χ3n) is 3.92. The third-order valence-corrected chi connectivity index (χ3v) is 4.94. The van der Waals surface area contributed by atoms with E-state index in [1.54, 1.807) is 0 Å². The lowest BCUT2D eigenvalue weighted by molar-refractivity contribution is -0.113. The number of carbonyl (C=O) groups is 1. The highest BCUT2D eigenvalue weighted by Crippen LogP contribution is 2.25. The quantitative estimate of drug-likeness (QED) is 0.600. The Labute approximate surface area is 164 Å². The monoisotopic (exact) mass is 404 g/mol. The number of nitrogens with zero attached hydrogens (tertiary/aromatic N) is 3. The molecule has 2 aromatic carbocycles. The molecule has 0 aliphatic heterocycles. The van der Waals surface area contributed by atoms with Gasteiger partial charge in [0.05, 0.1) is 5.75 Å². The van der Waals surface area contributed by atoms with Gasteiger partial charge in [0.2, 0.25) is 5.91 Å². The van der Waals surface area contributed by atoms with Crippen molar-refractivity contribution < 1.29 is 18.3 Å². The van der Waals surface area contributed by atoms with Crippen LogP contribution in [0.15, 0.2) is 53.7 Å². The van der Waals surface area contributed by atoms with Crippen molar-refractivity contribution in [2.24, 2.45) is 7.05 Å². The maximum Gasteiger partial charge on any atom is 0.387 e. The summed E-state index contributed by atoms with van der Waals surface area (Å²) in [5.74, 6) is 0.656. The van der Waals surface area contributed by atoms with Crippen molar-refractivity contribution in [1.82, 2.24) is 14.8 Å². The second kappa shape index (κ2) is 8.83. The van der Waals surface area contributed by atoms with Crippen molar-refractivity contribution >= 4 is 23.4 Å². The Morgan fingerprint density at radius 2 is 1.89 bits per heavy atom. The van der Waals surface area contributed by atoms with Crippen LogP contribution in [0.2, 0.25) is 0 Å². The molecule has 1 N–H and O–H groups in total. The molecule has 6 nitrogen and oxygen atoms in total. The number of aromatic nitrogens is 3. The maximum absolute atomic E-state index is 12.2. The second-order valence-electron chi connectivity index (χ2n) is 5.92. The minimum Gasteiger partial charge on any atom is -0.435 e. The minimum absolute atomic E-state index is 0.0326. The van der Waals surface area contributed by atoms with Gasteiger partial charge in [-0.1, -0.05) is 36.0 Å². The van der Waals surface area contributed by atoms with Gasteiger partial charge >= 0.3 is 6.61 Å². The third kappa shape index (κ3) is 4.86. The number of aryl methyl sites for hydroxylation is 1. The average molecular weight is 404 g/mol. The molecule has 28 heavy (non-hydrogen) atoms. The van der Waals surface area contributed by atoms with Gasteiger partial charge in [0.15, 0.2) is 11.0 Å². The molecular formula is C19H18F2N4O2S. The Balaban J connectivity index is 1.59. The lowest BCUT2D eigenvalue weighted by atomic mass is 10.1. The normalized spacial score (nSPS) is 10.9. The summed E-state index contributed by atoms with van der Waals surface area (Å²) in [6.07, 6.45) is 0. The van der Waals surface area contributed by atoms with Crippen LogP contribution >= 0.6 is 11.8 Å². The van der Waals surface area contributed by atoms with E-state index in [4.69, 9.17) is 0 Å². The molecule has 3 aromatic rings. The molecule has 1 aromatic heterocycles. The highest BCUT2D eigenvalue weighted by atomic mass is 32.2. The minimum atomic E-state index is -2.88. The average Bonchev–Trinajstić information content (AvgIpc) is 3.02. The molecule has 0 saturated heterocycles. The first-order valence-corrected chi connectivity index (χ1v) is 9.35. The number of alkyl halides is 2. The van der Waals surface area contributed by atoms with Crippen molar-refractivity contribution in [3.63, 3.8) is 0 Å². The number of hydrogen-bond donors (Lipinski definition) is 1. The molecule has 0 atom stereocenters. The van der Waals surface area contributed by atoms with Gasteiger partial charge in [0.1, 0.15) is 5.75 Å². The van der Waals surface area contributed by atoms with E-state index in [0.717, 1.165) is 17.0 Å². The van der Waals surface area contributed by atoms with E-state index >= 15 is 0 Å². The summed E-state index contributed by atoms with van der Waals surface area (Å²) in [6.45, 7) is -0.880. The van der Waals surface area contributed by atoms with Crippen molar-refractivity contribution in [1.29, 1.82) is 0 Å². The Morgan fingerprint density at radius 1 is 1.18 bits per heavy atom. The predicted molar refractivity (Wildman–Crippen MR) is 104 cm³/mol. The topological polar surface area (TPSA) is 69.0 Å². The van der Waals surface area contributed by atoms with Crippen LogP contribution in [0.3, 0.4) is 0 Å². The Bertz CT molecular complexity index is 961. The summed E-state index contributed by atoms with van der Waals surface area (Å²) < 4.78 is 30.4. The highest BCUT2D eigenvalue weighted by Gasteiger charge is 2.14. The molecule has 9 heteroatoms. The maximum atomic E-state index is 12.2. The van der Waals surface area contributed by atoms with Crippen LogP contribution in [0.25, 0.3) is 11.4 Å². The SMILES string of the molecule is Cc1ccccc1-c1nnc(SCC(=O)Nc2ccc(OC(F)F)cc2)n1C. The molecule has 146 valence electrons. The van der Waals surface area contributed by atoms with Crippen LogP contribution in [0.1, 0.15) is 5.56 Å². The molecular weight excluding hydrogens is 386 g/mol. The first-order valence-electron chi connectivity index (χ1n) is 8.37. The molecule has 0 aliphatic rings. The van der Waals surface area contributed by atoms with Crippen molar-refractivity contribution in [2.75, 3.05) is 11.1 Å². The van der Waals surface area contributed by atoms with E-state index in [2.05, 4.69) is 20.3 Å². The lowest BCUT2D eigenvalue weighted by Gasteiger charge is -2.08. The van der Waals surface area contributed by atoms with Gasteiger partial charge in [-0.25, -0.2) is 0 Å². The van der Waals surface area contributed by atoms with Crippen molar-refractivity contribution in [3.05, 3.63) is 54.1 Å². The fourth-order valence-corrected chi connectivity index (χ4v) is 3.26. The number of carbonyl (C=O) groups excluding carboxylic acids is 1.